The Hall–Kier alpha value is -0.370. The second-order valence-electron chi connectivity index (χ2n) is 14.2. The molecule has 0 amide bonds. The lowest BCUT2D eigenvalue weighted by atomic mass is 9.89. The summed E-state index contributed by atoms with van der Waals surface area (Å²) in [4.78, 5) is 12.1. The van der Waals surface area contributed by atoms with Crippen molar-refractivity contribution in [3.8, 4) is 0 Å². The fourth-order valence-electron chi connectivity index (χ4n) is 6.72. The van der Waals surface area contributed by atoms with E-state index in [0.717, 1.165) is 44.7 Å². The number of carbonyl (C=O) groups excluding carboxylic acids is 1. The Morgan fingerprint density at radius 1 is 0.372 bits per heavy atom. The zero-order valence-electron chi connectivity index (χ0n) is 30.4. The summed E-state index contributed by atoms with van der Waals surface area (Å²) < 4.78 is 0. The molecule has 0 aromatic carbocycles. The quantitative estimate of drug-likeness (QED) is 0.0709. The third-order valence-corrected chi connectivity index (χ3v) is 9.77. The Morgan fingerprint density at radius 3 is 1.09 bits per heavy atom. The molecule has 2 nitrogen and oxygen atoms in total. The van der Waals surface area contributed by atoms with Crippen molar-refractivity contribution in [2.24, 2.45) is 5.92 Å². The first-order valence-corrected chi connectivity index (χ1v) is 20.5. The van der Waals surface area contributed by atoms with Gasteiger partial charge in [0.2, 0.25) is 0 Å². The lowest BCUT2D eigenvalue weighted by Crippen LogP contribution is -2.17. The van der Waals surface area contributed by atoms with Gasteiger partial charge in [0, 0.05) is 12.8 Å². The molecule has 0 aromatic rings. The van der Waals surface area contributed by atoms with Crippen molar-refractivity contribution >= 4 is 5.78 Å². The Labute approximate surface area is 273 Å². The van der Waals surface area contributed by atoms with E-state index >= 15 is 0 Å². The number of ketones is 1. The molecule has 0 aliphatic carbocycles. The second-order valence-corrected chi connectivity index (χ2v) is 14.2. The molecule has 0 saturated carbocycles. The minimum absolute atomic E-state index is 0.485. The van der Waals surface area contributed by atoms with Crippen LogP contribution in [0.15, 0.2) is 0 Å². The van der Waals surface area contributed by atoms with Crippen molar-refractivity contribution in [1.29, 1.82) is 0 Å². The van der Waals surface area contributed by atoms with Gasteiger partial charge in [0.1, 0.15) is 5.78 Å². The van der Waals surface area contributed by atoms with E-state index < -0.39 is 0 Å². The molecule has 43 heavy (non-hydrogen) atoms. The molecule has 0 rings (SSSR count). The molecule has 0 atom stereocenters. The summed E-state index contributed by atoms with van der Waals surface area (Å²) in [5.41, 5.74) is 0. The van der Waals surface area contributed by atoms with E-state index in [1.165, 1.54) is 193 Å². The molecule has 0 fully saturated rings. The summed E-state index contributed by atoms with van der Waals surface area (Å²) in [5, 5.41) is 3.57. The van der Waals surface area contributed by atoms with Crippen molar-refractivity contribution < 1.29 is 4.79 Å². The van der Waals surface area contributed by atoms with Gasteiger partial charge in [-0.05, 0) is 38.3 Å². The standard InChI is InChI=1S/C41H83NO/c1-4-7-10-13-16-20-25-30-36-41(43)37-32-39-42-38-31-26-21-18-17-19-24-29-35-40(33-27-22-14-11-8-5-2)34-28-23-15-12-9-6-3/h40,42H,4-39H2,1-3H3. The van der Waals surface area contributed by atoms with Crippen molar-refractivity contribution in [2.45, 2.75) is 239 Å². The second kappa shape index (κ2) is 37.8. The predicted molar refractivity (Wildman–Crippen MR) is 195 cm³/mol. The lowest BCUT2D eigenvalue weighted by Gasteiger charge is -2.17. The molecule has 1 N–H and O–H groups in total. The molecule has 0 heterocycles. The summed E-state index contributed by atoms with van der Waals surface area (Å²) in [7, 11) is 0. The van der Waals surface area contributed by atoms with Gasteiger partial charge in [-0.25, -0.2) is 0 Å². The van der Waals surface area contributed by atoms with Crippen molar-refractivity contribution in [2.75, 3.05) is 13.1 Å². The van der Waals surface area contributed by atoms with Crippen LogP contribution in [-0.2, 0) is 4.79 Å². The first-order chi connectivity index (χ1) is 21.2. The van der Waals surface area contributed by atoms with Gasteiger partial charge >= 0.3 is 0 Å². The highest BCUT2D eigenvalue weighted by molar-refractivity contribution is 5.78. The van der Waals surface area contributed by atoms with Crippen LogP contribution in [0.1, 0.15) is 239 Å². The molecule has 0 unspecified atom stereocenters. The molecule has 0 aliphatic heterocycles. The monoisotopic (exact) mass is 606 g/mol. The van der Waals surface area contributed by atoms with E-state index in [0.29, 0.717) is 5.78 Å². The van der Waals surface area contributed by atoms with Gasteiger partial charge in [-0.3, -0.25) is 4.79 Å². The van der Waals surface area contributed by atoms with Crippen LogP contribution in [0, 0.1) is 5.92 Å². The molecular weight excluding hydrogens is 522 g/mol. The van der Waals surface area contributed by atoms with Gasteiger partial charge in [-0.15, -0.1) is 0 Å². The summed E-state index contributed by atoms with van der Waals surface area (Å²) >= 11 is 0. The zero-order chi connectivity index (χ0) is 31.3. The van der Waals surface area contributed by atoms with E-state index in [4.69, 9.17) is 0 Å². The fourth-order valence-corrected chi connectivity index (χ4v) is 6.72. The van der Waals surface area contributed by atoms with Gasteiger partial charge in [0.25, 0.3) is 0 Å². The molecule has 0 bridgehead atoms. The summed E-state index contributed by atoms with van der Waals surface area (Å²) in [5.74, 6) is 1.50. The van der Waals surface area contributed by atoms with E-state index in [9.17, 15) is 4.79 Å². The van der Waals surface area contributed by atoms with E-state index in [-0.39, 0.29) is 0 Å². The number of nitrogens with one attached hydrogen (secondary N) is 1. The average molecular weight is 606 g/mol. The number of hydrogen-bond donors (Lipinski definition) is 1. The van der Waals surface area contributed by atoms with Crippen molar-refractivity contribution in [3.63, 3.8) is 0 Å². The summed E-state index contributed by atoms with van der Waals surface area (Å²) in [6, 6.07) is 0. The molecule has 0 spiro atoms. The van der Waals surface area contributed by atoms with E-state index in [1.54, 1.807) is 0 Å². The van der Waals surface area contributed by atoms with Crippen molar-refractivity contribution in [3.05, 3.63) is 0 Å². The highest BCUT2D eigenvalue weighted by Crippen LogP contribution is 2.25. The average Bonchev–Trinajstić information content (AvgIpc) is 3.01. The molecule has 258 valence electrons. The smallest absolute Gasteiger partial charge is 0.132 e. The topological polar surface area (TPSA) is 29.1 Å². The Balaban J connectivity index is 3.57. The zero-order valence-corrected chi connectivity index (χ0v) is 30.4. The minimum atomic E-state index is 0.485. The van der Waals surface area contributed by atoms with E-state index in [2.05, 4.69) is 26.1 Å². The normalized spacial score (nSPS) is 11.6. The van der Waals surface area contributed by atoms with Gasteiger partial charge in [0.15, 0.2) is 0 Å². The SMILES string of the molecule is CCCCCCCCCCC(=O)CCCNCCCCCCCCCCC(CCCCCCCC)CCCCCCCC. The Morgan fingerprint density at radius 2 is 0.674 bits per heavy atom. The first-order valence-electron chi connectivity index (χ1n) is 20.5. The van der Waals surface area contributed by atoms with Crippen LogP contribution in [0.4, 0.5) is 0 Å². The lowest BCUT2D eigenvalue weighted by molar-refractivity contribution is -0.119. The molecule has 0 aromatic heterocycles. The number of unbranched alkanes of at least 4 members (excludes halogenated alkanes) is 24. The highest BCUT2D eigenvalue weighted by atomic mass is 16.1. The minimum Gasteiger partial charge on any atom is -0.317 e. The maximum absolute atomic E-state index is 12.1. The molecule has 2 heteroatoms. The number of hydrogen-bond acceptors (Lipinski definition) is 2. The molecule has 0 saturated heterocycles. The number of rotatable bonds is 38. The summed E-state index contributed by atoms with van der Waals surface area (Å²) in [6.45, 7) is 9.06. The van der Waals surface area contributed by atoms with Crippen molar-refractivity contribution in [1.82, 2.24) is 5.32 Å². The number of carbonyl (C=O) groups is 1. The van der Waals surface area contributed by atoms with Crippen LogP contribution in [-0.4, -0.2) is 18.9 Å². The Kier molecular flexibility index (Phi) is 37.5. The maximum Gasteiger partial charge on any atom is 0.132 e. The third kappa shape index (κ3) is 36.0. The van der Waals surface area contributed by atoms with E-state index in [1.807, 2.05) is 0 Å². The Bertz CT molecular complexity index is 502. The number of Topliss-reactive ketones (excluding diaryl/α,β-unsaturated/α-hetero) is 1. The van der Waals surface area contributed by atoms with Crippen LogP contribution in [0.2, 0.25) is 0 Å². The molecule has 0 radical (unpaired) electrons. The first kappa shape index (κ1) is 42.6. The van der Waals surface area contributed by atoms with Crippen LogP contribution in [0.3, 0.4) is 0 Å². The largest absolute Gasteiger partial charge is 0.317 e. The van der Waals surface area contributed by atoms with Gasteiger partial charge in [-0.2, -0.15) is 0 Å². The van der Waals surface area contributed by atoms with Crippen LogP contribution in [0.5, 0.6) is 0 Å². The molecule has 0 aliphatic rings. The van der Waals surface area contributed by atoms with Gasteiger partial charge in [-0.1, -0.05) is 207 Å². The highest BCUT2D eigenvalue weighted by Gasteiger charge is 2.09. The van der Waals surface area contributed by atoms with Gasteiger partial charge in [0.05, 0.1) is 0 Å². The fraction of sp³-hybridized carbons (Fsp3) is 0.976. The maximum atomic E-state index is 12.1. The molecular formula is C41H83NO. The van der Waals surface area contributed by atoms with Crippen LogP contribution < -0.4 is 5.32 Å². The summed E-state index contributed by atoms with van der Waals surface area (Å²) in [6.07, 6.45) is 46.3. The van der Waals surface area contributed by atoms with Gasteiger partial charge < -0.3 is 5.32 Å². The van der Waals surface area contributed by atoms with Crippen LogP contribution >= 0.6 is 0 Å². The van der Waals surface area contributed by atoms with Crippen LogP contribution in [0.25, 0.3) is 0 Å². The third-order valence-electron chi connectivity index (χ3n) is 9.77. The predicted octanol–water partition coefficient (Wildman–Crippen LogP) is 14.1.